The minimum atomic E-state index is -0.540. The molecule has 3 rings (SSSR count). The number of phenolic OH excluding ortho intramolecular Hbond substituents is 1. The van der Waals surface area contributed by atoms with Crippen molar-refractivity contribution in [1.29, 1.82) is 0 Å². The van der Waals surface area contributed by atoms with Crippen molar-refractivity contribution < 1.29 is 19.1 Å². The van der Waals surface area contributed by atoms with E-state index in [0.717, 1.165) is 11.1 Å². The number of benzene rings is 1. The highest BCUT2D eigenvalue weighted by atomic mass is 16.5. The number of ketones is 1. The van der Waals surface area contributed by atoms with Crippen LogP contribution >= 0.6 is 0 Å². The van der Waals surface area contributed by atoms with E-state index in [-0.39, 0.29) is 34.7 Å². The van der Waals surface area contributed by atoms with Crippen molar-refractivity contribution in [2.24, 2.45) is 5.92 Å². The number of carbonyl (C=O) groups excluding carboxylic acids is 1. The fourth-order valence-corrected chi connectivity index (χ4v) is 3.49. The zero-order valence-corrected chi connectivity index (χ0v) is 16.5. The molecule has 2 heterocycles. The van der Waals surface area contributed by atoms with Gasteiger partial charge in [-0.05, 0) is 33.1 Å². The number of hydrogen-bond donors (Lipinski definition) is 1. The van der Waals surface area contributed by atoms with Gasteiger partial charge in [0, 0.05) is 23.1 Å². The number of hydrogen-bond acceptors (Lipinski definition) is 5. The van der Waals surface area contributed by atoms with Crippen LogP contribution in [0.5, 0.6) is 11.5 Å². The van der Waals surface area contributed by atoms with Crippen molar-refractivity contribution in [2.75, 3.05) is 0 Å². The van der Waals surface area contributed by atoms with E-state index in [0.29, 0.717) is 36.0 Å². The molecule has 1 aromatic heterocycles. The van der Waals surface area contributed by atoms with Crippen LogP contribution in [0.2, 0.25) is 0 Å². The van der Waals surface area contributed by atoms with E-state index in [1.165, 1.54) is 6.07 Å². The van der Waals surface area contributed by atoms with Gasteiger partial charge in [-0.25, -0.2) is 4.79 Å². The third kappa shape index (κ3) is 3.15. The average Bonchev–Trinajstić information content (AvgIpc) is 2.99. The number of phenols is 1. The summed E-state index contributed by atoms with van der Waals surface area (Å²) in [6.45, 7) is 9.64. The molecule has 2 atom stereocenters. The Bertz CT molecular complexity index is 992. The summed E-state index contributed by atoms with van der Waals surface area (Å²) in [6.07, 6.45) is 3.43. The summed E-state index contributed by atoms with van der Waals surface area (Å²) in [5.41, 5.74) is 2.10. The summed E-state index contributed by atoms with van der Waals surface area (Å²) in [6, 6.07) is 1.44. The molecule has 0 amide bonds. The molecular formula is C22H26O5. The minimum absolute atomic E-state index is 0.0968. The summed E-state index contributed by atoms with van der Waals surface area (Å²) in [7, 11) is 0. The fourth-order valence-electron chi connectivity index (χ4n) is 3.49. The lowest BCUT2D eigenvalue weighted by Gasteiger charge is -2.16. The Morgan fingerprint density at radius 3 is 2.63 bits per heavy atom. The van der Waals surface area contributed by atoms with Crippen LogP contribution in [0.4, 0.5) is 0 Å². The van der Waals surface area contributed by atoms with Gasteiger partial charge in [-0.2, -0.15) is 0 Å². The second kappa shape index (κ2) is 7.22. The van der Waals surface area contributed by atoms with E-state index in [1.807, 2.05) is 40.7 Å². The Morgan fingerprint density at radius 1 is 1.33 bits per heavy atom. The first kappa shape index (κ1) is 19.2. The smallest absolute Gasteiger partial charge is 0.336 e. The summed E-state index contributed by atoms with van der Waals surface area (Å²) >= 11 is 0. The molecule has 1 aromatic carbocycles. The number of aromatic hydroxyl groups is 1. The molecular weight excluding hydrogens is 344 g/mol. The molecule has 0 unspecified atom stereocenters. The fraction of sp³-hybridized carbons (Fsp3) is 0.455. The number of Topliss-reactive ketones (excluding diaryl/α,β-unsaturated/α-hetero) is 1. The lowest BCUT2D eigenvalue weighted by molar-refractivity contribution is 0.0925. The van der Waals surface area contributed by atoms with Crippen LogP contribution in [-0.2, 0) is 6.42 Å². The Labute approximate surface area is 158 Å². The van der Waals surface area contributed by atoms with Crippen LogP contribution in [-0.4, -0.2) is 10.9 Å². The maximum atomic E-state index is 13.0. The maximum Gasteiger partial charge on any atom is 0.336 e. The average molecular weight is 370 g/mol. The van der Waals surface area contributed by atoms with Crippen molar-refractivity contribution in [3.8, 4) is 11.5 Å². The van der Waals surface area contributed by atoms with Crippen LogP contribution < -0.4 is 10.4 Å². The Hall–Kier alpha value is -2.56. The molecule has 0 aliphatic carbocycles. The first-order chi connectivity index (χ1) is 12.8. The van der Waals surface area contributed by atoms with E-state index in [4.69, 9.17) is 9.15 Å². The highest BCUT2D eigenvalue weighted by Crippen LogP contribution is 2.50. The lowest BCUT2D eigenvalue weighted by Crippen LogP contribution is -2.13. The molecule has 27 heavy (non-hydrogen) atoms. The molecule has 0 saturated carbocycles. The Kier molecular flexibility index (Phi) is 5.13. The molecule has 144 valence electrons. The highest BCUT2D eigenvalue weighted by molar-refractivity contribution is 6.12. The molecule has 1 aliphatic rings. The normalized spacial score (nSPS) is 16.3. The standard InChI is InChI=1S/C22H26O5/c1-6-12(5)19(24)18-20(25)13(9-8-11(3)4)21-17-14(15(7-2)26-21)10-16(23)27-22(17)18/h8,10,12,15,25H,6-7,9H2,1-5H3/t12-,15-/m1/s1. The van der Waals surface area contributed by atoms with Crippen LogP contribution in [0.3, 0.4) is 0 Å². The van der Waals surface area contributed by atoms with Gasteiger partial charge in [0.1, 0.15) is 23.2 Å². The van der Waals surface area contributed by atoms with Crippen molar-refractivity contribution in [1.82, 2.24) is 0 Å². The van der Waals surface area contributed by atoms with E-state index in [9.17, 15) is 14.7 Å². The number of allylic oxidation sites excluding steroid dienone is 2. The molecule has 0 spiro atoms. The Balaban J connectivity index is 2.42. The largest absolute Gasteiger partial charge is 0.507 e. The van der Waals surface area contributed by atoms with Gasteiger partial charge >= 0.3 is 5.63 Å². The molecule has 0 fully saturated rings. The molecule has 5 nitrogen and oxygen atoms in total. The monoisotopic (exact) mass is 370 g/mol. The number of ether oxygens (including phenoxy) is 1. The van der Waals surface area contributed by atoms with Crippen molar-refractivity contribution in [3.05, 3.63) is 44.8 Å². The van der Waals surface area contributed by atoms with Gasteiger partial charge in [0.05, 0.1) is 5.39 Å². The summed E-state index contributed by atoms with van der Waals surface area (Å²) in [5.74, 6) is -0.136. The van der Waals surface area contributed by atoms with Gasteiger partial charge in [-0.15, -0.1) is 0 Å². The first-order valence-electron chi connectivity index (χ1n) is 9.49. The van der Waals surface area contributed by atoms with E-state index in [1.54, 1.807) is 0 Å². The van der Waals surface area contributed by atoms with Crippen LogP contribution in [0, 0.1) is 5.92 Å². The van der Waals surface area contributed by atoms with E-state index in [2.05, 4.69) is 0 Å². The predicted octanol–water partition coefficient (Wildman–Crippen LogP) is 5.08. The third-order valence-corrected chi connectivity index (χ3v) is 5.24. The lowest BCUT2D eigenvalue weighted by atomic mass is 9.90. The van der Waals surface area contributed by atoms with E-state index >= 15 is 0 Å². The molecule has 1 aliphatic heterocycles. The van der Waals surface area contributed by atoms with Crippen molar-refractivity contribution in [2.45, 2.75) is 60.0 Å². The van der Waals surface area contributed by atoms with Gasteiger partial charge in [0.2, 0.25) is 0 Å². The minimum Gasteiger partial charge on any atom is -0.507 e. The maximum absolute atomic E-state index is 13.0. The van der Waals surface area contributed by atoms with Gasteiger partial charge in [-0.3, -0.25) is 4.79 Å². The Morgan fingerprint density at radius 2 is 2.04 bits per heavy atom. The van der Waals surface area contributed by atoms with Gasteiger partial charge < -0.3 is 14.3 Å². The second-order valence-corrected chi connectivity index (χ2v) is 7.43. The zero-order valence-electron chi connectivity index (χ0n) is 16.5. The molecule has 1 N–H and O–H groups in total. The molecule has 0 radical (unpaired) electrons. The number of carbonyl (C=O) groups is 1. The first-order valence-corrected chi connectivity index (χ1v) is 9.49. The predicted molar refractivity (Wildman–Crippen MR) is 105 cm³/mol. The molecule has 2 aromatic rings. The summed E-state index contributed by atoms with van der Waals surface area (Å²) in [5, 5.41) is 11.6. The van der Waals surface area contributed by atoms with Gasteiger partial charge in [0.15, 0.2) is 11.4 Å². The molecule has 0 saturated heterocycles. The van der Waals surface area contributed by atoms with Crippen molar-refractivity contribution >= 4 is 16.8 Å². The van der Waals surface area contributed by atoms with E-state index < -0.39 is 5.63 Å². The molecule has 5 heteroatoms. The quantitative estimate of drug-likeness (QED) is 0.436. The second-order valence-electron chi connectivity index (χ2n) is 7.43. The van der Waals surface area contributed by atoms with Gasteiger partial charge in [-0.1, -0.05) is 32.4 Å². The van der Waals surface area contributed by atoms with Crippen LogP contribution in [0.1, 0.15) is 75.0 Å². The SMILES string of the molecule is CC[C@@H](C)C(=O)c1c(O)c(CC=C(C)C)c2c3c(cc(=O)oc13)[C@@H](CC)O2. The number of rotatable bonds is 6. The van der Waals surface area contributed by atoms with Gasteiger partial charge in [0.25, 0.3) is 0 Å². The summed E-state index contributed by atoms with van der Waals surface area (Å²) < 4.78 is 11.5. The van der Waals surface area contributed by atoms with Crippen molar-refractivity contribution in [3.63, 3.8) is 0 Å². The highest BCUT2D eigenvalue weighted by Gasteiger charge is 2.35. The third-order valence-electron chi connectivity index (χ3n) is 5.24. The van der Waals surface area contributed by atoms with Crippen LogP contribution in [0.15, 0.2) is 26.9 Å². The summed E-state index contributed by atoms with van der Waals surface area (Å²) in [4.78, 5) is 25.2. The van der Waals surface area contributed by atoms with Crippen LogP contribution in [0.25, 0.3) is 11.0 Å². The topological polar surface area (TPSA) is 76.7 Å². The zero-order chi connectivity index (χ0) is 19.9. The molecule has 0 bridgehead atoms.